The van der Waals surface area contributed by atoms with E-state index >= 15 is 0 Å². The van der Waals surface area contributed by atoms with Crippen LogP contribution in [-0.4, -0.2) is 21.2 Å². The van der Waals surface area contributed by atoms with Crippen molar-refractivity contribution >= 4 is 45.6 Å². The Labute approximate surface area is 170 Å². The third-order valence-corrected chi connectivity index (χ3v) is 4.93. The Bertz CT molecular complexity index is 1200. The van der Waals surface area contributed by atoms with Crippen molar-refractivity contribution in [1.82, 2.24) is 0 Å². The van der Waals surface area contributed by atoms with Crippen molar-refractivity contribution in [2.75, 3.05) is 0 Å². The van der Waals surface area contributed by atoms with E-state index in [0.29, 0.717) is 15.9 Å². The van der Waals surface area contributed by atoms with Gasteiger partial charge in [-0.25, -0.2) is 0 Å². The number of nitro groups is 1. The first kappa shape index (κ1) is 18.6. The molecule has 3 aromatic carbocycles. The van der Waals surface area contributed by atoms with Crippen molar-refractivity contribution < 1.29 is 14.5 Å². The molecule has 0 fully saturated rings. The van der Waals surface area contributed by atoms with Gasteiger partial charge in [-0.2, -0.15) is 4.74 Å². The number of benzene rings is 3. The number of nitro benzene ring substituents is 1. The fourth-order valence-corrected chi connectivity index (χ4v) is 3.46. The number of carbonyl (C=O) groups excluding carboxylic acids is 1. The van der Waals surface area contributed by atoms with E-state index in [1.807, 2.05) is 6.07 Å². The number of hydrogen-bond acceptors (Lipinski definition) is 4. The SMILES string of the molecule is O=C1C(c2ccccc2)=[N+]([O-])c2cc([N+](=O)[O-])c(/C=C(/Cl)c3ccccc3)cc21. The first-order chi connectivity index (χ1) is 14.0. The van der Waals surface area contributed by atoms with E-state index < -0.39 is 10.7 Å². The number of hydrogen-bond donors (Lipinski definition) is 0. The molecule has 7 heteroatoms. The monoisotopic (exact) mass is 404 g/mol. The summed E-state index contributed by atoms with van der Waals surface area (Å²) in [5.41, 5.74) is 0.967. The number of halogens is 1. The Morgan fingerprint density at radius 1 is 1.00 bits per heavy atom. The summed E-state index contributed by atoms with van der Waals surface area (Å²) < 4.78 is 0.451. The van der Waals surface area contributed by atoms with Crippen LogP contribution in [0.4, 0.5) is 11.4 Å². The molecule has 0 saturated carbocycles. The molecule has 0 N–H and O–H groups in total. The highest BCUT2D eigenvalue weighted by Crippen LogP contribution is 2.36. The maximum Gasteiger partial charge on any atom is 0.283 e. The normalized spacial score (nSPS) is 13.6. The molecule has 1 aliphatic rings. The smallest absolute Gasteiger partial charge is 0.283 e. The number of rotatable bonds is 4. The summed E-state index contributed by atoms with van der Waals surface area (Å²) in [6, 6.07) is 19.9. The van der Waals surface area contributed by atoms with Gasteiger partial charge < -0.3 is 5.21 Å². The fourth-order valence-electron chi connectivity index (χ4n) is 3.22. The van der Waals surface area contributed by atoms with Crippen LogP contribution in [0.3, 0.4) is 0 Å². The second-order valence-electron chi connectivity index (χ2n) is 6.38. The van der Waals surface area contributed by atoms with Gasteiger partial charge in [0.1, 0.15) is 5.56 Å². The van der Waals surface area contributed by atoms with Crippen LogP contribution < -0.4 is 0 Å². The van der Waals surface area contributed by atoms with E-state index in [-0.39, 0.29) is 33.2 Å². The number of carbonyl (C=O) groups is 1. The first-order valence-corrected chi connectivity index (χ1v) is 9.04. The zero-order valence-corrected chi connectivity index (χ0v) is 15.7. The van der Waals surface area contributed by atoms with Gasteiger partial charge >= 0.3 is 0 Å². The van der Waals surface area contributed by atoms with Gasteiger partial charge in [0, 0.05) is 5.03 Å². The highest BCUT2D eigenvalue weighted by Gasteiger charge is 2.39. The largest absolute Gasteiger partial charge is 0.618 e. The van der Waals surface area contributed by atoms with Gasteiger partial charge in [-0.3, -0.25) is 14.9 Å². The third kappa shape index (κ3) is 3.30. The molecule has 0 saturated heterocycles. The molecule has 0 amide bonds. The Kier molecular flexibility index (Phi) is 4.70. The molecule has 1 heterocycles. The summed E-state index contributed by atoms with van der Waals surface area (Å²) >= 11 is 6.33. The average molecular weight is 405 g/mol. The second-order valence-corrected chi connectivity index (χ2v) is 6.79. The minimum atomic E-state index is -0.597. The van der Waals surface area contributed by atoms with Crippen molar-refractivity contribution in [3.8, 4) is 0 Å². The molecule has 0 atom stereocenters. The van der Waals surface area contributed by atoms with E-state index in [4.69, 9.17) is 11.6 Å². The summed E-state index contributed by atoms with van der Waals surface area (Å²) in [6.07, 6.45) is 1.43. The van der Waals surface area contributed by atoms with E-state index in [2.05, 4.69) is 0 Å². The fraction of sp³-hybridized carbons (Fsp3) is 0. The molecule has 0 aromatic heterocycles. The van der Waals surface area contributed by atoms with E-state index in [9.17, 15) is 20.1 Å². The predicted octanol–water partition coefficient (Wildman–Crippen LogP) is 5.16. The zero-order valence-electron chi connectivity index (χ0n) is 14.9. The van der Waals surface area contributed by atoms with Gasteiger partial charge in [0.15, 0.2) is 0 Å². The lowest BCUT2D eigenvalue weighted by Crippen LogP contribution is -2.16. The topological polar surface area (TPSA) is 86.3 Å². The Balaban J connectivity index is 1.86. The Morgan fingerprint density at radius 3 is 2.24 bits per heavy atom. The molecule has 0 bridgehead atoms. The first-order valence-electron chi connectivity index (χ1n) is 8.67. The van der Waals surface area contributed by atoms with Crippen molar-refractivity contribution in [1.29, 1.82) is 0 Å². The van der Waals surface area contributed by atoms with Crippen molar-refractivity contribution in [2.45, 2.75) is 0 Å². The summed E-state index contributed by atoms with van der Waals surface area (Å²) in [6.45, 7) is 0. The van der Waals surface area contributed by atoms with Gasteiger partial charge in [-0.15, -0.1) is 0 Å². The number of nitrogens with zero attached hydrogens (tertiary/aromatic N) is 2. The van der Waals surface area contributed by atoms with E-state index in [1.165, 1.54) is 12.1 Å². The number of fused-ring (bicyclic) bond motifs is 1. The minimum Gasteiger partial charge on any atom is -0.618 e. The molecule has 3 aromatic rings. The van der Waals surface area contributed by atoms with Crippen molar-refractivity contribution in [2.24, 2.45) is 0 Å². The summed E-state index contributed by atoms with van der Waals surface area (Å²) in [5.74, 6) is -0.485. The van der Waals surface area contributed by atoms with Gasteiger partial charge in [0.25, 0.3) is 17.2 Å². The van der Waals surface area contributed by atoms with Crippen LogP contribution in [-0.2, 0) is 0 Å². The molecule has 0 spiro atoms. The number of ketones is 1. The predicted molar refractivity (Wildman–Crippen MR) is 111 cm³/mol. The van der Waals surface area contributed by atoms with Crippen LogP contribution in [0.5, 0.6) is 0 Å². The maximum absolute atomic E-state index is 12.9. The minimum absolute atomic E-state index is 0.0477. The lowest BCUT2D eigenvalue weighted by molar-refractivity contribution is -0.387. The summed E-state index contributed by atoms with van der Waals surface area (Å²) in [4.78, 5) is 23.9. The molecule has 0 unspecified atom stereocenters. The lowest BCUT2D eigenvalue weighted by atomic mass is 10.00. The van der Waals surface area contributed by atoms with Gasteiger partial charge in [-0.05, 0) is 29.8 Å². The van der Waals surface area contributed by atoms with E-state index in [0.717, 1.165) is 6.07 Å². The lowest BCUT2D eigenvalue weighted by Gasteiger charge is -2.04. The van der Waals surface area contributed by atoms with Gasteiger partial charge in [0.05, 0.1) is 22.1 Å². The molecular formula is C22H13ClN2O4. The highest BCUT2D eigenvalue weighted by molar-refractivity contribution is 6.52. The average Bonchev–Trinajstić information content (AvgIpc) is 2.98. The van der Waals surface area contributed by atoms with E-state index in [1.54, 1.807) is 54.6 Å². The van der Waals surface area contributed by atoms with Crippen LogP contribution >= 0.6 is 11.6 Å². The second kappa shape index (κ2) is 7.33. The molecular weight excluding hydrogens is 392 g/mol. The van der Waals surface area contributed by atoms with Crippen LogP contribution in [0.25, 0.3) is 11.1 Å². The molecule has 1 aliphatic heterocycles. The maximum atomic E-state index is 12.9. The Hall–Kier alpha value is -3.77. The van der Waals surface area contributed by atoms with Gasteiger partial charge in [0.2, 0.25) is 5.69 Å². The quantitative estimate of drug-likeness (QED) is 0.197. The van der Waals surface area contributed by atoms with Crippen LogP contribution in [0, 0.1) is 15.3 Å². The van der Waals surface area contributed by atoms with Crippen LogP contribution in [0.2, 0.25) is 0 Å². The molecule has 0 aliphatic carbocycles. The van der Waals surface area contributed by atoms with Crippen LogP contribution in [0.1, 0.15) is 27.0 Å². The molecule has 0 radical (unpaired) electrons. The van der Waals surface area contributed by atoms with Gasteiger partial charge in [-0.1, -0.05) is 60.1 Å². The Morgan fingerprint density at radius 2 is 1.62 bits per heavy atom. The van der Waals surface area contributed by atoms with Crippen LogP contribution in [0.15, 0.2) is 72.8 Å². The summed E-state index contributed by atoms with van der Waals surface area (Å²) in [7, 11) is 0. The van der Waals surface area contributed by atoms with Crippen molar-refractivity contribution in [3.63, 3.8) is 0 Å². The molecule has 6 nitrogen and oxygen atoms in total. The standard InChI is InChI=1S/C22H13ClN2O4/c23-18(14-7-3-1-4-8-14)12-16-11-17-20(13-19(16)25(28)29)24(27)21(22(17)26)15-9-5-2-6-10-15/h1-13H/b18-12+. The third-order valence-electron chi connectivity index (χ3n) is 4.60. The molecule has 142 valence electrons. The zero-order chi connectivity index (χ0) is 20.5. The molecule has 29 heavy (non-hydrogen) atoms. The summed E-state index contributed by atoms with van der Waals surface area (Å²) in [5, 5.41) is 24.6. The molecule has 4 rings (SSSR count). The van der Waals surface area contributed by atoms with Crippen molar-refractivity contribution in [3.05, 3.63) is 110 Å². The highest BCUT2D eigenvalue weighted by atomic mass is 35.5. The number of Topliss-reactive ketones (excluding diaryl/α,β-unsaturated/α-hetero) is 1.